The highest BCUT2D eigenvalue weighted by molar-refractivity contribution is 8.77. The van der Waals surface area contributed by atoms with Gasteiger partial charge in [0.2, 0.25) is 0 Å². The van der Waals surface area contributed by atoms with E-state index in [-0.39, 0.29) is 35.0 Å². The first kappa shape index (κ1) is 27.4. The number of nitrogens with zero attached hydrogens (tertiary/aromatic N) is 2. The van der Waals surface area contributed by atoms with Gasteiger partial charge in [0, 0.05) is 29.3 Å². The van der Waals surface area contributed by atoms with Gasteiger partial charge in [-0.2, -0.15) is 4.98 Å². The van der Waals surface area contributed by atoms with E-state index >= 15 is 0 Å². The molecule has 2 heterocycles. The second-order valence-electron chi connectivity index (χ2n) is 8.86. The number of hydrogen-bond acceptors (Lipinski definition) is 9. The van der Waals surface area contributed by atoms with Gasteiger partial charge in [0.1, 0.15) is 29.9 Å². The summed E-state index contributed by atoms with van der Waals surface area (Å²) in [6.45, 7) is 5.53. The molecule has 0 spiro atoms. The van der Waals surface area contributed by atoms with Gasteiger partial charge in [-0.1, -0.05) is 39.8 Å². The van der Waals surface area contributed by atoms with E-state index in [1.807, 2.05) is 6.07 Å². The number of amides is 1. The number of rotatable bonds is 12. The monoisotopic (exact) mass is 521 g/mol. The fourth-order valence-corrected chi connectivity index (χ4v) is 5.81. The van der Waals surface area contributed by atoms with Crippen molar-refractivity contribution >= 4 is 39.1 Å². The number of nitrogens with one attached hydrogen (secondary N) is 1. The zero-order chi connectivity index (χ0) is 25.4. The van der Waals surface area contributed by atoms with Crippen molar-refractivity contribution in [1.29, 1.82) is 0 Å². The van der Waals surface area contributed by atoms with Crippen LogP contribution >= 0.6 is 21.6 Å². The van der Waals surface area contributed by atoms with E-state index in [0.717, 1.165) is 6.42 Å². The number of Topliss-reactive ketones (excluding diaryl/α,β-unsaturated/α-hetero) is 1. The van der Waals surface area contributed by atoms with Gasteiger partial charge in [0.15, 0.2) is 0 Å². The van der Waals surface area contributed by atoms with Gasteiger partial charge in [-0.15, -0.1) is 0 Å². The van der Waals surface area contributed by atoms with Crippen LogP contribution in [0.3, 0.4) is 0 Å². The van der Waals surface area contributed by atoms with E-state index < -0.39 is 18.0 Å². The summed E-state index contributed by atoms with van der Waals surface area (Å²) in [6.07, 6.45) is 1.63. The highest BCUT2D eigenvalue weighted by Gasteiger charge is 2.37. The number of anilines is 1. The number of hydrogen-bond donors (Lipinski definition) is 2. The molecule has 1 saturated heterocycles. The maximum atomic E-state index is 12.6. The number of ether oxygens (including phenoxy) is 2. The first-order valence-electron chi connectivity index (χ1n) is 11.3. The number of aliphatic hydroxyl groups is 1. The minimum Gasteiger partial charge on any atom is -0.394 e. The molecule has 9 nitrogen and oxygen atoms in total. The number of carbonyl (C=O) groups excluding carboxylic acids is 2. The summed E-state index contributed by atoms with van der Waals surface area (Å²) < 4.78 is 13.1. The highest BCUT2D eigenvalue weighted by atomic mass is 33.1. The largest absolute Gasteiger partial charge is 0.394 e. The third kappa shape index (κ3) is 8.18. The number of ketones is 1. The molecular weight excluding hydrogens is 490 g/mol. The van der Waals surface area contributed by atoms with Crippen LogP contribution in [0.4, 0.5) is 5.82 Å². The fraction of sp³-hybridized carbons (Fsp3) is 0.500. The standard InChI is InChI=1S/C24H31N3O6S2/c1-16(29)9-11-24(2,3)35-34-15-32-18-13-21(33-19(18)14-28)27-12-10-20(26-23(27)31)25-22(30)17-7-5-4-6-8-17/h4-8,10,12,18-19,21,28H,9,11,13-15H2,1-3H3,(H,25,26,30,31)/t18-,19-,21-/m1/s1. The van der Waals surface area contributed by atoms with Gasteiger partial charge in [0.25, 0.3) is 5.91 Å². The number of aliphatic hydroxyl groups excluding tert-OH is 1. The SMILES string of the molecule is CC(=O)CCC(C)(C)SSCO[C@@H]1C[C@H](n2ccc(NC(=O)c3ccccc3)nc2=O)O[C@@H]1CO. The second-order valence-corrected chi connectivity index (χ2v) is 11.8. The average molecular weight is 522 g/mol. The lowest BCUT2D eigenvalue weighted by Gasteiger charge is -2.23. The van der Waals surface area contributed by atoms with Gasteiger partial charge in [-0.05, 0) is 45.4 Å². The predicted octanol–water partition coefficient (Wildman–Crippen LogP) is 3.65. The lowest BCUT2D eigenvalue weighted by Crippen LogP contribution is -2.29. The van der Waals surface area contributed by atoms with Crippen molar-refractivity contribution < 1.29 is 24.2 Å². The van der Waals surface area contributed by atoms with E-state index in [1.54, 1.807) is 52.8 Å². The Balaban J connectivity index is 1.53. The fourth-order valence-electron chi connectivity index (χ4n) is 3.51. The molecule has 0 radical (unpaired) electrons. The molecule has 2 N–H and O–H groups in total. The molecule has 1 aliphatic rings. The molecule has 0 saturated carbocycles. The van der Waals surface area contributed by atoms with Crippen molar-refractivity contribution in [2.45, 2.75) is 63.2 Å². The molecule has 1 aromatic carbocycles. The Bertz CT molecular complexity index is 1060. The molecule has 1 aliphatic heterocycles. The maximum Gasteiger partial charge on any atom is 0.351 e. The van der Waals surface area contributed by atoms with E-state index in [9.17, 15) is 19.5 Å². The van der Waals surface area contributed by atoms with Gasteiger partial charge in [-0.25, -0.2) is 4.79 Å². The second kappa shape index (κ2) is 12.7. The minimum atomic E-state index is -0.638. The number of aromatic nitrogens is 2. The van der Waals surface area contributed by atoms with Crippen molar-refractivity contribution in [3.05, 3.63) is 58.6 Å². The van der Waals surface area contributed by atoms with Crippen LogP contribution in [-0.2, 0) is 14.3 Å². The lowest BCUT2D eigenvalue weighted by molar-refractivity contribution is -0.117. The minimum absolute atomic E-state index is 0.0680. The molecule has 11 heteroatoms. The van der Waals surface area contributed by atoms with Gasteiger partial charge in [-0.3, -0.25) is 9.36 Å². The summed E-state index contributed by atoms with van der Waals surface area (Å²) in [5.74, 6) is 0.339. The molecule has 190 valence electrons. The summed E-state index contributed by atoms with van der Waals surface area (Å²) in [6, 6.07) is 10.2. The zero-order valence-corrected chi connectivity index (χ0v) is 21.6. The van der Waals surface area contributed by atoms with Crippen LogP contribution in [0.5, 0.6) is 0 Å². The molecule has 0 aliphatic carbocycles. The van der Waals surface area contributed by atoms with Gasteiger partial charge in [0.05, 0.1) is 12.7 Å². The molecule has 0 bridgehead atoms. The zero-order valence-electron chi connectivity index (χ0n) is 20.0. The van der Waals surface area contributed by atoms with Gasteiger partial charge < -0.3 is 24.7 Å². The van der Waals surface area contributed by atoms with Crippen molar-refractivity contribution in [3.63, 3.8) is 0 Å². The van der Waals surface area contributed by atoms with Crippen molar-refractivity contribution in [2.24, 2.45) is 0 Å². The van der Waals surface area contributed by atoms with Crippen molar-refractivity contribution in [1.82, 2.24) is 9.55 Å². The van der Waals surface area contributed by atoms with Crippen LogP contribution in [0.25, 0.3) is 0 Å². The summed E-state index contributed by atoms with van der Waals surface area (Å²) in [7, 11) is 3.20. The van der Waals surface area contributed by atoms with Crippen LogP contribution in [0.15, 0.2) is 47.4 Å². The molecule has 2 aromatic rings. The maximum absolute atomic E-state index is 12.6. The molecule has 1 aromatic heterocycles. The molecule has 3 rings (SSSR count). The van der Waals surface area contributed by atoms with E-state index in [0.29, 0.717) is 24.3 Å². The Hall–Kier alpha value is -2.18. The molecule has 1 fully saturated rings. The van der Waals surface area contributed by atoms with Crippen LogP contribution in [-0.4, -0.2) is 55.8 Å². The molecule has 35 heavy (non-hydrogen) atoms. The Morgan fingerprint density at radius 2 is 2.03 bits per heavy atom. The summed E-state index contributed by atoms with van der Waals surface area (Å²) in [5, 5.41) is 12.3. The van der Waals surface area contributed by atoms with Crippen LogP contribution in [0, 0.1) is 0 Å². The first-order valence-corrected chi connectivity index (χ1v) is 13.6. The number of carbonyl (C=O) groups is 2. The molecular formula is C24H31N3O6S2. The topological polar surface area (TPSA) is 120 Å². The quantitative estimate of drug-likeness (QED) is 0.245. The average Bonchev–Trinajstić information content (AvgIpc) is 3.24. The highest BCUT2D eigenvalue weighted by Crippen LogP contribution is 2.40. The summed E-state index contributed by atoms with van der Waals surface area (Å²) in [5.41, 5.74) is -0.114. The smallest absolute Gasteiger partial charge is 0.351 e. The van der Waals surface area contributed by atoms with Crippen LogP contribution in [0.1, 0.15) is 56.6 Å². The Labute approximate surface area is 212 Å². The number of benzene rings is 1. The van der Waals surface area contributed by atoms with Crippen molar-refractivity contribution in [3.8, 4) is 0 Å². The van der Waals surface area contributed by atoms with E-state index in [4.69, 9.17) is 9.47 Å². The Morgan fingerprint density at radius 3 is 2.69 bits per heavy atom. The summed E-state index contributed by atoms with van der Waals surface area (Å²) >= 11 is 0. The molecule has 3 atom stereocenters. The van der Waals surface area contributed by atoms with Crippen LogP contribution in [0.2, 0.25) is 0 Å². The Morgan fingerprint density at radius 1 is 1.29 bits per heavy atom. The lowest BCUT2D eigenvalue weighted by atomic mass is 10.1. The van der Waals surface area contributed by atoms with Crippen molar-refractivity contribution in [2.75, 3.05) is 17.9 Å². The Kier molecular flexibility index (Phi) is 9.93. The van der Waals surface area contributed by atoms with Gasteiger partial charge >= 0.3 is 5.69 Å². The third-order valence-electron chi connectivity index (χ3n) is 5.47. The predicted molar refractivity (Wildman–Crippen MR) is 137 cm³/mol. The summed E-state index contributed by atoms with van der Waals surface area (Å²) in [4.78, 5) is 40.1. The normalized spacial score (nSPS) is 20.1. The van der Waals surface area contributed by atoms with E-state index in [2.05, 4.69) is 24.1 Å². The molecule has 0 unspecified atom stereocenters. The van der Waals surface area contributed by atoms with E-state index in [1.165, 1.54) is 16.8 Å². The van der Waals surface area contributed by atoms with Crippen LogP contribution < -0.4 is 11.0 Å². The molecule has 1 amide bonds. The first-order chi connectivity index (χ1) is 16.7. The third-order valence-corrected chi connectivity index (χ3v) is 8.47.